The van der Waals surface area contributed by atoms with Crippen LogP contribution in [0.4, 0.5) is 5.69 Å². The standard InChI is InChI=1S/C21H19N5O/c1-15-4-3-11-26-14-19(24-21(15)26)17-6-8-18(9-7-17)23-20(27)10-5-16-12-22-25(2)13-16/h3-14H,1-2H3,(H,23,27). The molecule has 0 aliphatic rings. The monoisotopic (exact) mass is 357 g/mol. The molecule has 0 radical (unpaired) electrons. The van der Waals surface area contributed by atoms with Gasteiger partial charge in [0.2, 0.25) is 5.91 Å². The van der Waals surface area contributed by atoms with Gasteiger partial charge in [0.05, 0.1) is 11.9 Å². The van der Waals surface area contributed by atoms with E-state index in [0.717, 1.165) is 33.7 Å². The smallest absolute Gasteiger partial charge is 0.248 e. The molecule has 0 aliphatic heterocycles. The van der Waals surface area contributed by atoms with E-state index in [9.17, 15) is 4.79 Å². The van der Waals surface area contributed by atoms with Crippen LogP contribution in [-0.2, 0) is 11.8 Å². The Bertz CT molecular complexity index is 1140. The Morgan fingerprint density at radius 2 is 1.96 bits per heavy atom. The van der Waals surface area contributed by atoms with Gasteiger partial charge < -0.3 is 9.72 Å². The van der Waals surface area contributed by atoms with Gasteiger partial charge in [0, 0.05) is 48.5 Å². The van der Waals surface area contributed by atoms with Crippen LogP contribution in [0.25, 0.3) is 23.0 Å². The summed E-state index contributed by atoms with van der Waals surface area (Å²) in [5.41, 5.74) is 5.60. The lowest BCUT2D eigenvalue weighted by Gasteiger charge is -2.03. The molecule has 1 aromatic carbocycles. The first-order valence-corrected chi connectivity index (χ1v) is 8.61. The van der Waals surface area contributed by atoms with E-state index in [2.05, 4.69) is 10.4 Å². The fourth-order valence-electron chi connectivity index (χ4n) is 2.90. The van der Waals surface area contributed by atoms with Gasteiger partial charge >= 0.3 is 0 Å². The van der Waals surface area contributed by atoms with Gasteiger partial charge in [0.25, 0.3) is 0 Å². The average molecular weight is 357 g/mol. The third-order valence-corrected chi connectivity index (χ3v) is 4.28. The fourth-order valence-corrected chi connectivity index (χ4v) is 2.90. The lowest BCUT2D eigenvalue weighted by atomic mass is 10.1. The number of carbonyl (C=O) groups is 1. The van der Waals surface area contributed by atoms with Gasteiger partial charge in [-0.2, -0.15) is 5.10 Å². The van der Waals surface area contributed by atoms with E-state index < -0.39 is 0 Å². The van der Waals surface area contributed by atoms with Crippen molar-refractivity contribution in [1.29, 1.82) is 0 Å². The second-order valence-corrected chi connectivity index (χ2v) is 6.40. The van der Waals surface area contributed by atoms with Crippen molar-refractivity contribution >= 4 is 23.3 Å². The van der Waals surface area contributed by atoms with Gasteiger partial charge in [-0.05, 0) is 36.8 Å². The Balaban J connectivity index is 1.47. The number of hydrogen-bond acceptors (Lipinski definition) is 3. The molecule has 0 bridgehead atoms. The van der Waals surface area contributed by atoms with Crippen LogP contribution in [0.5, 0.6) is 0 Å². The largest absolute Gasteiger partial charge is 0.323 e. The molecule has 6 heteroatoms. The molecule has 3 aromatic heterocycles. The number of aryl methyl sites for hydroxylation is 2. The van der Waals surface area contributed by atoms with Crippen molar-refractivity contribution in [2.75, 3.05) is 5.32 Å². The number of nitrogens with zero attached hydrogens (tertiary/aromatic N) is 4. The molecule has 1 amide bonds. The van der Waals surface area contributed by atoms with Crippen LogP contribution < -0.4 is 5.32 Å². The Labute approximate surface area is 156 Å². The summed E-state index contributed by atoms with van der Waals surface area (Å²) in [5.74, 6) is -0.185. The predicted octanol–water partition coefficient (Wildman–Crippen LogP) is 3.70. The molecule has 134 valence electrons. The van der Waals surface area contributed by atoms with Crippen LogP contribution in [0.3, 0.4) is 0 Å². The maximum Gasteiger partial charge on any atom is 0.248 e. The second kappa shape index (κ2) is 6.92. The number of amides is 1. The summed E-state index contributed by atoms with van der Waals surface area (Å²) in [6.45, 7) is 2.05. The molecule has 1 N–H and O–H groups in total. The highest BCUT2D eigenvalue weighted by molar-refractivity contribution is 6.02. The van der Waals surface area contributed by atoms with Crippen LogP contribution in [-0.4, -0.2) is 25.1 Å². The maximum absolute atomic E-state index is 12.1. The minimum absolute atomic E-state index is 0.185. The van der Waals surface area contributed by atoms with Crippen molar-refractivity contribution in [3.05, 3.63) is 78.4 Å². The summed E-state index contributed by atoms with van der Waals surface area (Å²) < 4.78 is 3.71. The van der Waals surface area contributed by atoms with E-state index in [1.165, 1.54) is 6.08 Å². The van der Waals surface area contributed by atoms with E-state index in [0.29, 0.717) is 0 Å². The number of imidazole rings is 1. The minimum atomic E-state index is -0.185. The van der Waals surface area contributed by atoms with Gasteiger partial charge in [0.15, 0.2) is 0 Å². The highest BCUT2D eigenvalue weighted by atomic mass is 16.1. The zero-order valence-corrected chi connectivity index (χ0v) is 15.1. The molecule has 0 aliphatic carbocycles. The molecule has 6 nitrogen and oxygen atoms in total. The third kappa shape index (κ3) is 3.64. The number of fused-ring (bicyclic) bond motifs is 1. The quantitative estimate of drug-likeness (QED) is 0.567. The number of pyridine rings is 1. The molecule has 27 heavy (non-hydrogen) atoms. The Kier molecular flexibility index (Phi) is 4.30. The Morgan fingerprint density at radius 3 is 2.67 bits per heavy atom. The number of nitrogens with one attached hydrogen (secondary N) is 1. The van der Waals surface area contributed by atoms with E-state index in [-0.39, 0.29) is 5.91 Å². The van der Waals surface area contributed by atoms with Crippen LogP contribution >= 0.6 is 0 Å². The molecule has 0 saturated carbocycles. The van der Waals surface area contributed by atoms with Crippen LogP contribution in [0.1, 0.15) is 11.1 Å². The highest BCUT2D eigenvalue weighted by Crippen LogP contribution is 2.22. The van der Waals surface area contributed by atoms with Gasteiger partial charge in [0.1, 0.15) is 5.65 Å². The predicted molar refractivity (Wildman–Crippen MR) is 106 cm³/mol. The summed E-state index contributed by atoms with van der Waals surface area (Å²) in [4.78, 5) is 16.8. The van der Waals surface area contributed by atoms with E-state index in [4.69, 9.17) is 4.98 Å². The third-order valence-electron chi connectivity index (χ3n) is 4.28. The number of anilines is 1. The SMILES string of the molecule is Cc1cccn2cc(-c3ccc(NC(=O)C=Cc4cnn(C)c4)cc3)nc12. The topological polar surface area (TPSA) is 64.2 Å². The van der Waals surface area contributed by atoms with E-state index >= 15 is 0 Å². The lowest BCUT2D eigenvalue weighted by Crippen LogP contribution is -2.07. The molecule has 0 unspecified atom stereocenters. The van der Waals surface area contributed by atoms with E-state index in [1.54, 1.807) is 17.0 Å². The minimum Gasteiger partial charge on any atom is -0.323 e. The number of carbonyl (C=O) groups excluding carboxylic acids is 1. The first kappa shape index (κ1) is 16.8. The van der Waals surface area contributed by atoms with Crippen molar-refractivity contribution in [3.63, 3.8) is 0 Å². The first-order chi connectivity index (χ1) is 13.1. The Hall–Kier alpha value is -3.67. The molecule has 0 spiro atoms. The molecule has 4 rings (SSSR count). The summed E-state index contributed by atoms with van der Waals surface area (Å²) in [5, 5.41) is 6.92. The molecule has 0 fully saturated rings. The molecule has 0 saturated heterocycles. The zero-order valence-electron chi connectivity index (χ0n) is 15.1. The van der Waals surface area contributed by atoms with Gasteiger partial charge in [-0.25, -0.2) is 4.98 Å². The summed E-state index contributed by atoms with van der Waals surface area (Å²) >= 11 is 0. The van der Waals surface area contributed by atoms with Crippen molar-refractivity contribution in [3.8, 4) is 11.3 Å². The zero-order chi connectivity index (χ0) is 18.8. The van der Waals surface area contributed by atoms with E-state index in [1.807, 2.05) is 73.4 Å². The molecule has 0 atom stereocenters. The second-order valence-electron chi connectivity index (χ2n) is 6.40. The summed E-state index contributed by atoms with van der Waals surface area (Å²) in [6.07, 6.45) is 10.8. The van der Waals surface area contributed by atoms with Crippen LogP contribution in [0, 0.1) is 6.92 Å². The van der Waals surface area contributed by atoms with Crippen LogP contribution in [0.15, 0.2) is 67.3 Å². The fraction of sp³-hybridized carbons (Fsp3) is 0.0952. The summed E-state index contributed by atoms with van der Waals surface area (Å²) in [7, 11) is 1.84. The summed E-state index contributed by atoms with van der Waals surface area (Å²) in [6, 6.07) is 11.7. The number of hydrogen-bond donors (Lipinski definition) is 1. The lowest BCUT2D eigenvalue weighted by molar-refractivity contribution is -0.111. The number of aromatic nitrogens is 4. The molecular formula is C21H19N5O. The maximum atomic E-state index is 12.1. The molecule has 3 heterocycles. The number of benzene rings is 1. The van der Waals surface area contributed by atoms with Crippen molar-refractivity contribution < 1.29 is 4.79 Å². The normalized spacial score (nSPS) is 11.3. The number of rotatable bonds is 4. The highest BCUT2D eigenvalue weighted by Gasteiger charge is 2.06. The molecule has 4 aromatic rings. The van der Waals surface area contributed by atoms with Crippen molar-refractivity contribution in [2.45, 2.75) is 6.92 Å². The van der Waals surface area contributed by atoms with Crippen LogP contribution in [0.2, 0.25) is 0 Å². The van der Waals surface area contributed by atoms with Gasteiger partial charge in [-0.15, -0.1) is 0 Å². The Morgan fingerprint density at radius 1 is 1.15 bits per heavy atom. The molecular weight excluding hydrogens is 338 g/mol. The van der Waals surface area contributed by atoms with Gasteiger partial charge in [-0.1, -0.05) is 18.2 Å². The van der Waals surface area contributed by atoms with Gasteiger partial charge in [-0.3, -0.25) is 9.48 Å². The van der Waals surface area contributed by atoms with Crippen molar-refractivity contribution in [2.24, 2.45) is 7.05 Å². The van der Waals surface area contributed by atoms with Crippen molar-refractivity contribution in [1.82, 2.24) is 19.2 Å². The first-order valence-electron chi connectivity index (χ1n) is 8.61. The average Bonchev–Trinajstić information content (AvgIpc) is 3.28.